The largest absolute Gasteiger partial charge is 0.383 e. The average molecular weight is 270 g/mol. The Kier molecular flexibility index (Phi) is 6.26. The molecule has 104 valence electrons. The quantitative estimate of drug-likeness (QED) is 0.774. The molecule has 0 saturated heterocycles. The number of hydrogen-bond donors (Lipinski definition) is 1. The fourth-order valence-electron chi connectivity index (χ4n) is 1.89. The lowest BCUT2D eigenvalue weighted by molar-refractivity contribution is 0.186. The lowest BCUT2D eigenvalue weighted by atomic mass is 9.78. The predicted octanol–water partition coefficient (Wildman–Crippen LogP) is 2.89. The fourth-order valence-corrected chi connectivity index (χ4v) is 2.51. The van der Waals surface area contributed by atoms with Crippen molar-refractivity contribution < 1.29 is 4.74 Å². The van der Waals surface area contributed by atoms with Crippen LogP contribution < -0.4 is 5.32 Å². The Bertz CT molecular complexity index is 344. The second kappa shape index (κ2) is 7.22. The van der Waals surface area contributed by atoms with Crippen molar-refractivity contribution in [2.24, 2.45) is 11.3 Å². The van der Waals surface area contributed by atoms with Crippen LogP contribution in [0.2, 0.25) is 0 Å². The van der Waals surface area contributed by atoms with Gasteiger partial charge < -0.3 is 10.1 Å². The van der Waals surface area contributed by atoms with E-state index in [9.17, 15) is 0 Å². The van der Waals surface area contributed by atoms with Gasteiger partial charge in [0.2, 0.25) is 0 Å². The van der Waals surface area contributed by atoms with Crippen molar-refractivity contribution in [3.8, 4) is 0 Å². The minimum absolute atomic E-state index is 0.289. The van der Waals surface area contributed by atoms with Crippen LogP contribution in [0.1, 0.15) is 31.5 Å². The molecule has 1 rings (SSSR count). The summed E-state index contributed by atoms with van der Waals surface area (Å²) < 4.78 is 5.06. The fraction of sp³-hybridized carbons (Fsp3) is 0.786. The Morgan fingerprint density at radius 1 is 1.44 bits per heavy atom. The van der Waals surface area contributed by atoms with Gasteiger partial charge in [0.05, 0.1) is 17.3 Å². The topological polar surface area (TPSA) is 34.1 Å². The van der Waals surface area contributed by atoms with Crippen LogP contribution in [0.15, 0.2) is 5.38 Å². The first-order valence-electron chi connectivity index (χ1n) is 6.54. The first kappa shape index (κ1) is 15.6. The Balaban J connectivity index is 2.51. The molecule has 0 aliphatic carbocycles. The molecule has 4 heteroatoms. The Hall–Kier alpha value is -0.450. The number of nitrogens with one attached hydrogen (secondary N) is 1. The molecule has 0 aliphatic heterocycles. The van der Waals surface area contributed by atoms with Crippen molar-refractivity contribution in [2.75, 3.05) is 26.8 Å². The van der Waals surface area contributed by atoms with E-state index in [2.05, 4.69) is 43.4 Å². The van der Waals surface area contributed by atoms with Crippen LogP contribution in [-0.4, -0.2) is 31.8 Å². The van der Waals surface area contributed by atoms with E-state index in [4.69, 9.17) is 4.74 Å². The molecule has 0 spiro atoms. The molecular formula is C14H26N2OS. The van der Waals surface area contributed by atoms with Crippen LogP contribution in [-0.2, 0) is 11.2 Å². The molecule has 1 aromatic rings. The molecule has 0 fully saturated rings. The van der Waals surface area contributed by atoms with E-state index in [1.54, 1.807) is 18.4 Å². The molecule has 0 saturated carbocycles. The summed E-state index contributed by atoms with van der Waals surface area (Å²) in [5, 5.41) is 6.81. The molecule has 0 amide bonds. The summed E-state index contributed by atoms with van der Waals surface area (Å²) in [5.41, 5.74) is 1.52. The maximum absolute atomic E-state index is 5.06. The number of hydrogen-bond acceptors (Lipinski definition) is 4. The van der Waals surface area contributed by atoms with E-state index < -0.39 is 0 Å². The van der Waals surface area contributed by atoms with Gasteiger partial charge in [0, 0.05) is 19.0 Å². The zero-order chi connectivity index (χ0) is 13.6. The SMILES string of the molecule is COCCNCC(Cc1csc(C)n1)C(C)(C)C. The van der Waals surface area contributed by atoms with E-state index in [-0.39, 0.29) is 5.41 Å². The van der Waals surface area contributed by atoms with Gasteiger partial charge in [-0.05, 0) is 31.2 Å². The van der Waals surface area contributed by atoms with Gasteiger partial charge >= 0.3 is 0 Å². The van der Waals surface area contributed by atoms with E-state index >= 15 is 0 Å². The summed E-state index contributed by atoms with van der Waals surface area (Å²) in [7, 11) is 1.74. The van der Waals surface area contributed by atoms with Crippen LogP contribution in [0, 0.1) is 18.3 Å². The van der Waals surface area contributed by atoms with E-state index in [0.29, 0.717) is 5.92 Å². The molecule has 0 aromatic carbocycles. The van der Waals surface area contributed by atoms with E-state index in [1.807, 2.05) is 0 Å². The third-order valence-corrected chi connectivity index (χ3v) is 4.04. The van der Waals surface area contributed by atoms with Crippen molar-refractivity contribution in [3.63, 3.8) is 0 Å². The Morgan fingerprint density at radius 2 is 2.17 bits per heavy atom. The van der Waals surface area contributed by atoms with Crippen LogP contribution in [0.3, 0.4) is 0 Å². The van der Waals surface area contributed by atoms with Crippen molar-refractivity contribution >= 4 is 11.3 Å². The summed E-state index contributed by atoms with van der Waals surface area (Å²) in [5.74, 6) is 0.593. The van der Waals surface area contributed by atoms with Crippen LogP contribution in [0.4, 0.5) is 0 Å². The van der Waals surface area contributed by atoms with Crippen LogP contribution >= 0.6 is 11.3 Å². The number of nitrogens with zero attached hydrogens (tertiary/aromatic N) is 1. The zero-order valence-electron chi connectivity index (χ0n) is 12.2. The predicted molar refractivity (Wildman–Crippen MR) is 78.2 cm³/mol. The summed E-state index contributed by atoms with van der Waals surface area (Å²) in [6.45, 7) is 11.7. The molecule has 0 aliphatic rings. The normalized spacial score (nSPS) is 13.8. The van der Waals surface area contributed by atoms with Gasteiger partial charge in [0.25, 0.3) is 0 Å². The summed E-state index contributed by atoms with van der Waals surface area (Å²) >= 11 is 1.74. The molecule has 18 heavy (non-hydrogen) atoms. The standard InChI is InChI=1S/C14H26N2OS/c1-11-16-13(10-18-11)8-12(14(2,3)4)9-15-6-7-17-5/h10,12,15H,6-9H2,1-5H3. The molecule has 1 atom stereocenters. The number of aryl methyl sites for hydroxylation is 1. The monoisotopic (exact) mass is 270 g/mol. The van der Waals surface area contributed by atoms with Gasteiger partial charge in [-0.25, -0.2) is 4.98 Å². The molecule has 3 nitrogen and oxygen atoms in total. The highest BCUT2D eigenvalue weighted by atomic mass is 32.1. The number of thiazole rings is 1. The van der Waals surface area contributed by atoms with Gasteiger partial charge in [-0.1, -0.05) is 20.8 Å². The minimum atomic E-state index is 0.289. The van der Waals surface area contributed by atoms with Gasteiger partial charge in [-0.15, -0.1) is 11.3 Å². The second-order valence-electron chi connectivity index (χ2n) is 5.82. The maximum atomic E-state index is 5.06. The number of rotatable bonds is 7. The Labute approximate surface area is 115 Å². The summed E-state index contributed by atoms with van der Waals surface area (Å²) in [6, 6.07) is 0. The third-order valence-electron chi connectivity index (χ3n) is 3.22. The molecular weight excluding hydrogens is 244 g/mol. The van der Waals surface area contributed by atoms with Crippen molar-refractivity contribution in [1.29, 1.82) is 0 Å². The second-order valence-corrected chi connectivity index (χ2v) is 6.88. The summed E-state index contributed by atoms with van der Waals surface area (Å²) in [6.07, 6.45) is 1.05. The lowest BCUT2D eigenvalue weighted by Crippen LogP contribution is -2.34. The van der Waals surface area contributed by atoms with Crippen LogP contribution in [0.5, 0.6) is 0 Å². The third kappa shape index (κ3) is 5.46. The number of aromatic nitrogens is 1. The highest BCUT2D eigenvalue weighted by Crippen LogP contribution is 2.28. The highest BCUT2D eigenvalue weighted by molar-refractivity contribution is 7.09. The van der Waals surface area contributed by atoms with Crippen molar-refractivity contribution in [2.45, 2.75) is 34.1 Å². The Morgan fingerprint density at radius 3 is 2.67 bits per heavy atom. The van der Waals surface area contributed by atoms with Crippen LogP contribution in [0.25, 0.3) is 0 Å². The van der Waals surface area contributed by atoms with Gasteiger partial charge in [-0.3, -0.25) is 0 Å². The first-order chi connectivity index (χ1) is 8.43. The molecule has 1 N–H and O–H groups in total. The zero-order valence-corrected chi connectivity index (χ0v) is 13.1. The van der Waals surface area contributed by atoms with Gasteiger partial charge in [0.1, 0.15) is 0 Å². The molecule has 1 aromatic heterocycles. The van der Waals surface area contributed by atoms with Gasteiger partial charge in [0.15, 0.2) is 0 Å². The molecule has 1 heterocycles. The summed E-state index contributed by atoms with van der Waals surface area (Å²) in [4.78, 5) is 4.57. The number of ether oxygens (including phenoxy) is 1. The minimum Gasteiger partial charge on any atom is -0.383 e. The first-order valence-corrected chi connectivity index (χ1v) is 7.42. The lowest BCUT2D eigenvalue weighted by Gasteiger charge is -2.30. The van der Waals surface area contributed by atoms with Crippen molar-refractivity contribution in [3.05, 3.63) is 16.1 Å². The van der Waals surface area contributed by atoms with Gasteiger partial charge in [-0.2, -0.15) is 0 Å². The molecule has 0 bridgehead atoms. The number of methoxy groups -OCH3 is 1. The van der Waals surface area contributed by atoms with E-state index in [0.717, 1.165) is 31.1 Å². The molecule has 1 unspecified atom stereocenters. The maximum Gasteiger partial charge on any atom is 0.0897 e. The molecule has 0 radical (unpaired) electrons. The van der Waals surface area contributed by atoms with E-state index in [1.165, 1.54) is 5.69 Å². The average Bonchev–Trinajstić information content (AvgIpc) is 2.67. The van der Waals surface area contributed by atoms with Crippen molar-refractivity contribution in [1.82, 2.24) is 10.3 Å². The highest BCUT2D eigenvalue weighted by Gasteiger charge is 2.25. The smallest absolute Gasteiger partial charge is 0.0897 e.